The summed E-state index contributed by atoms with van der Waals surface area (Å²) in [6, 6.07) is 15.7. The van der Waals surface area contributed by atoms with E-state index < -0.39 is 5.72 Å². The molecule has 4 nitrogen and oxygen atoms in total. The van der Waals surface area contributed by atoms with Gasteiger partial charge in [0, 0.05) is 22.7 Å². The van der Waals surface area contributed by atoms with Crippen LogP contribution < -0.4 is 3.11 Å². The lowest BCUT2D eigenvalue weighted by atomic mass is 9.92. The van der Waals surface area contributed by atoms with Crippen LogP contribution in [0, 0.1) is 0 Å². The van der Waals surface area contributed by atoms with Crippen LogP contribution in [0.15, 0.2) is 48.5 Å². The van der Waals surface area contributed by atoms with Crippen molar-refractivity contribution in [2.45, 2.75) is 18.8 Å². The third-order valence-electron chi connectivity index (χ3n) is 4.54. The molecule has 0 aliphatic carbocycles. The molecule has 2 unspecified atom stereocenters. The van der Waals surface area contributed by atoms with Crippen molar-refractivity contribution >= 4 is 46.1 Å². The van der Waals surface area contributed by atoms with Gasteiger partial charge in [-0.3, -0.25) is 12.8 Å². The highest BCUT2D eigenvalue weighted by Crippen LogP contribution is 2.49. The van der Waals surface area contributed by atoms with Crippen molar-refractivity contribution in [3.8, 4) is 0 Å². The van der Waals surface area contributed by atoms with E-state index in [2.05, 4.69) is 27.8 Å². The summed E-state index contributed by atoms with van der Waals surface area (Å²) in [5, 5.41) is 0.631. The predicted octanol–water partition coefficient (Wildman–Crippen LogP) is 3.96. The molecule has 1 amide bonds. The SMILES string of the molecule is CC1CN2CC(=O)N(I)c3ccc(Cl)cc3C2(c2ccccc2)O1. The van der Waals surface area contributed by atoms with Gasteiger partial charge in [0.1, 0.15) is 0 Å². The molecule has 2 aliphatic rings. The number of halogens is 2. The van der Waals surface area contributed by atoms with Crippen LogP contribution in [-0.4, -0.2) is 30.0 Å². The summed E-state index contributed by atoms with van der Waals surface area (Å²) in [5.41, 5.74) is 1.95. The number of hydrogen-bond acceptors (Lipinski definition) is 3. The van der Waals surface area contributed by atoms with Crippen molar-refractivity contribution in [3.05, 3.63) is 64.7 Å². The molecule has 0 saturated carbocycles. The molecule has 24 heavy (non-hydrogen) atoms. The number of amides is 1. The van der Waals surface area contributed by atoms with E-state index in [1.807, 2.05) is 55.5 Å². The van der Waals surface area contributed by atoms with Gasteiger partial charge in [0.15, 0.2) is 5.72 Å². The molecule has 2 atom stereocenters. The number of benzene rings is 2. The Bertz CT molecular complexity index is 801. The smallest absolute Gasteiger partial charge is 0.250 e. The molecule has 0 radical (unpaired) electrons. The normalized spacial score (nSPS) is 26.9. The van der Waals surface area contributed by atoms with E-state index in [0.717, 1.165) is 16.8 Å². The van der Waals surface area contributed by atoms with Gasteiger partial charge in [-0.2, -0.15) is 0 Å². The fourth-order valence-electron chi connectivity index (χ4n) is 3.63. The van der Waals surface area contributed by atoms with Crippen LogP contribution in [0.1, 0.15) is 18.1 Å². The van der Waals surface area contributed by atoms with Crippen molar-refractivity contribution in [2.75, 3.05) is 16.2 Å². The van der Waals surface area contributed by atoms with Crippen LogP contribution in [0.5, 0.6) is 0 Å². The van der Waals surface area contributed by atoms with Crippen molar-refractivity contribution in [3.63, 3.8) is 0 Å². The Hall–Kier alpha value is -1.15. The second-order valence-corrected chi connectivity index (χ2v) is 7.56. The van der Waals surface area contributed by atoms with Crippen molar-refractivity contribution in [1.82, 2.24) is 4.90 Å². The second kappa shape index (κ2) is 5.98. The molecule has 4 rings (SSSR count). The Morgan fingerprint density at radius 3 is 2.75 bits per heavy atom. The first-order valence-electron chi connectivity index (χ1n) is 7.79. The summed E-state index contributed by atoms with van der Waals surface area (Å²) in [7, 11) is 0. The summed E-state index contributed by atoms with van der Waals surface area (Å²) in [6.07, 6.45) is 0.0191. The number of fused-ring (bicyclic) bond motifs is 3. The fourth-order valence-corrected chi connectivity index (χ4v) is 4.38. The zero-order valence-electron chi connectivity index (χ0n) is 13.1. The quantitative estimate of drug-likeness (QED) is 0.483. The molecule has 1 fully saturated rings. The first-order valence-corrected chi connectivity index (χ1v) is 9.14. The van der Waals surface area contributed by atoms with Crippen molar-refractivity contribution < 1.29 is 9.53 Å². The lowest BCUT2D eigenvalue weighted by Crippen LogP contribution is -2.44. The third-order valence-corrected chi connectivity index (χ3v) is 5.83. The highest BCUT2D eigenvalue weighted by Gasteiger charge is 2.52. The number of nitrogens with zero attached hydrogens (tertiary/aromatic N) is 2. The molecule has 0 spiro atoms. The Morgan fingerprint density at radius 2 is 2.00 bits per heavy atom. The van der Waals surface area contributed by atoms with E-state index in [9.17, 15) is 4.79 Å². The Balaban J connectivity index is 2.04. The average Bonchev–Trinajstić information content (AvgIpc) is 2.88. The van der Waals surface area contributed by atoms with Gasteiger partial charge in [0.25, 0.3) is 0 Å². The number of rotatable bonds is 1. The standard InChI is InChI=1S/C18H16ClIN2O2/c1-12-10-21-11-17(23)22(20)16-8-7-14(19)9-15(16)18(21,24-12)13-5-3-2-4-6-13/h2-9,12H,10-11H2,1H3. The van der Waals surface area contributed by atoms with Crippen LogP contribution in [-0.2, 0) is 15.3 Å². The predicted molar refractivity (Wildman–Crippen MR) is 102 cm³/mol. The number of ether oxygens (including phenoxy) is 1. The monoisotopic (exact) mass is 454 g/mol. The maximum Gasteiger partial charge on any atom is 0.250 e. The zero-order chi connectivity index (χ0) is 16.9. The largest absolute Gasteiger partial charge is 0.347 e. The molecule has 6 heteroatoms. The van der Waals surface area contributed by atoms with Crippen LogP contribution in [0.3, 0.4) is 0 Å². The lowest BCUT2D eigenvalue weighted by molar-refractivity contribution is -0.122. The minimum atomic E-state index is -0.795. The van der Waals surface area contributed by atoms with Crippen LogP contribution in [0.4, 0.5) is 5.69 Å². The molecule has 1 saturated heterocycles. The van der Waals surface area contributed by atoms with Gasteiger partial charge >= 0.3 is 0 Å². The first-order chi connectivity index (χ1) is 11.5. The van der Waals surface area contributed by atoms with E-state index in [1.54, 1.807) is 3.11 Å². The Morgan fingerprint density at radius 1 is 1.25 bits per heavy atom. The van der Waals surface area contributed by atoms with E-state index in [4.69, 9.17) is 16.3 Å². The van der Waals surface area contributed by atoms with Crippen LogP contribution >= 0.6 is 34.5 Å². The van der Waals surface area contributed by atoms with Gasteiger partial charge in [-0.1, -0.05) is 41.9 Å². The first kappa shape index (κ1) is 16.3. The van der Waals surface area contributed by atoms with Gasteiger partial charge in [-0.15, -0.1) is 0 Å². The number of hydrogen-bond donors (Lipinski definition) is 0. The van der Waals surface area contributed by atoms with Gasteiger partial charge in [0.05, 0.1) is 41.2 Å². The Kier molecular flexibility index (Phi) is 4.07. The average molecular weight is 455 g/mol. The molecule has 0 bridgehead atoms. The molecule has 2 aliphatic heterocycles. The minimum Gasteiger partial charge on any atom is -0.347 e. The molecule has 2 aromatic rings. The summed E-state index contributed by atoms with van der Waals surface area (Å²) in [6.45, 7) is 3.03. The summed E-state index contributed by atoms with van der Waals surface area (Å²) < 4.78 is 8.15. The van der Waals surface area contributed by atoms with E-state index in [0.29, 0.717) is 18.1 Å². The highest BCUT2D eigenvalue weighted by atomic mass is 127. The van der Waals surface area contributed by atoms with Crippen LogP contribution in [0.25, 0.3) is 0 Å². The second-order valence-electron chi connectivity index (χ2n) is 6.16. The van der Waals surface area contributed by atoms with Crippen molar-refractivity contribution in [1.29, 1.82) is 0 Å². The van der Waals surface area contributed by atoms with Gasteiger partial charge in [-0.25, -0.2) is 0 Å². The van der Waals surface area contributed by atoms with E-state index in [-0.39, 0.29) is 12.0 Å². The van der Waals surface area contributed by atoms with Gasteiger partial charge in [0.2, 0.25) is 5.91 Å². The van der Waals surface area contributed by atoms with E-state index >= 15 is 0 Å². The topological polar surface area (TPSA) is 32.8 Å². The summed E-state index contributed by atoms with van der Waals surface area (Å²) >= 11 is 8.37. The molecule has 2 aromatic carbocycles. The molecular formula is C18H16ClIN2O2. The number of anilines is 1. The molecule has 124 valence electrons. The highest BCUT2D eigenvalue weighted by molar-refractivity contribution is 14.1. The number of carbonyl (C=O) groups is 1. The fraction of sp³-hybridized carbons (Fsp3) is 0.278. The minimum absolute atomic E-state index is 0.0191. The molecular weight excluding hydrogens is 439 g/mol. The maximum atomic E-state index is 12.7. The maximum absolute atomic E-state index is 12.7. The molecule has 0 N–H and O–H groups in total. The van der Waals surface area contributed by atoms with Crippen molar-refractivity contribution in [2.24, 2.45) is 0 Å². The third kappa shape index (κ3) is 2.37. The Labute approximate surface area is 159 Å². The lowest BCUT2D eigenvalue weighted by Gasteiger charge is -2.36. The van der Waals surface area contributed by atoms with Gasteiger partial charge < -0.3 is 4.74 Å². The summed E-state index contributed by atoms with van der Waals surface area (Å²) in [5.74, 6) is 0.0367. The van der Waals surface area contributed by atoms with Crippen LogP contribution in [0.2, 0.25) is 5.02 Å². The number of carbonyl (C=O) groups excluding carboxylic acids is 1. The summed E-state index contributed by atoms with van der Waals surface area (Å²) in [4.78, 5) is 14.8. The van der Waals surface area contributed by atoms with E-state index in [1.165, 1.54) is 0 Å². The zero-order valence-corrected chi connectivity index (χ0v) is 16.0. The molecule has 2 heterocycles. The van der Waals surface area contributed by atoms with Gasteiger partial charge in [-0.05, 0) is 25.1 Å². The molecule has 0 aromatic heterocycles.